The fourth-order valence-electron chi connectivity index (χ4n) is 4.22. The first-order valence-corrected chi connectivity index (χ1v) is 8.64. The molecule has 1 fully saturated rings. The highest BCUT2D eigenvalue weighted by Gasteiger charge is 2.62. The number of likely N-dealkylation sites (N-methyl/N-ethyl adjacent to an activating group) is 1. The third kappa shape index (κ3) is 1.84. The molecule has 3 aromatic rings. The molecule has 2 aromatic carbocycles. The Morgan fingerprint density at radius 2 is 1.74 bits per heavy atom. The number of benzene rings is 2. The lowest BCUT2D eigenvalue weighted by molar-refractivity contribution is -0.138. The zero-order valence-electron chi connectivity index (χ0n) is 14.5. The molecule has 0 saturated carbocycles. The molecule has 6 heteroatoms. The van der Waals surface area contributed by atoms with Crippen molar-refractivity contribution in [2.45, 2.75) is 12.0 Å². The maximum atomic E-state index is 13.4. The number of carbonyl (C=O) groups is 3. The molecule has 2 aliphatic rings. The van der Waals surface area contributed by atoms with Crippen molar-refractivity contribution in [1.82, 2.24) is 9.88 Å². The van der Waals surface area contributed by atoms with Crippen molar-refractivity contribution in [1.29, 1.82) is 0 Å². The standard InChI is InChI=1S/C21H15N3O3/c1-23-17(25)12-21(20(23)27)15-9-3-2-8-14(15)19(26)24(21)16-10-4-6-13-7-5-11-22-18(13)16/h2-11H,12H2,1H3. The Morgan fingerprint density at radius 1 is 0.963 bits per heavy atom. The molecule has 1 atom stereocenters. The van der Waals surface area contributed by atoms with Gasteiger partial charge in [0, 0.05) is 29.8 Å². The Bertz CT molecular complexity index is 1150. The quantitative estimate of drug-likeness (QED) is 0.628. The monoisotopic (exact) mass is 357 g/mol. The second-order valence-corrected chi connectivity index (χ2v) is 6.83. The predicted octanol–water partition coefficient (Wildman–Crippen LogP) is 2.48. The van der Waals surface area contributed by atoms with Gasteiger partial charge in [-0.25, -0.2) is 0 Å². The minimum absolute atomic E-state index is 0.0751. The number of hydrogen-bond donors (Lipinski definition) is 0. The number of pyridine rings is 1. The van der Waals surface area contributed by atoms with Crippen LogP contribution >= 0.6 is 0 Å². The van der Waals surface area contributed by atoms with Crippen molar-refractivity contribution in [2.24, 2.45) is 0 Å². The summed E-state index contributed by atoms with van der Waals surface area (Å²) < 4.78 is 0. The fourth-order valence-corrected chi connectivity index (χ4v) is 4.22. The van der Waals surface area contributed by atoms with Crippen LogP contribution in [0.2, 0.25) is 0 Å². The van der Waals surface area contributed by atoms with Gasteiger partial charge in [-0.15, -0.1) is 0 Å². The smallest absolute Gasteiger partial charge is 0.260 e. The van der Waals surface area contributed by atoms with E-state index in [9.17, 15) is 14.4 Å². The van der Waals surface area contributed by atoms with Crippen LogP contribution in [0.25, 0.3) is 10.9 Å². The number of likely N-dealkylation sites (tertiary alicyclic amines) is 1. The molecular formula is C21H15N3O3. The molecule has 3 amide bonds. The molecule has 1 aromatic heterocycles. The Morgan fingerprint density at radius 3 is 2.52 bits per heavy atom. The third-order valence-electron chi connectivity index (χ3n) is 5.48. The number of fused-ring (bicyclic) bond motifs is 3. The lowest BCUT2D eigenvalue weighted by Crippen LogP contribution is -2.49. The Hall–Kier alpha value is -3.54. The molecule has 0 aliphatic carbocycles. The Kier molecular flexibility index (Phi) is 3.04. The maximum Gasteiger partial charge on any atom is 0.260 e. The van der Waals surface area contributed by atoms with Crippen LogP contribution in [0.15, 0.2) is 60.8 Å². The molecule has 5 rings (SSSR count). The van der Waals surface area contributed by atoms with Gasteiger partial charge in [0.1, 0.15) is 0 Å². The summed E-state index contributed by atoms with van der Waals surface area (Å²) >= 11 is 0. The van der Waals surface area contributed by atoms with Gasteiger partial charge in [0.2, 0.25) is 5.91 Å². The number of imide groups is 1. The number of nitrogens with zero attached hydrogens (tertiary/aromatic N) is 3. The average Bonchev–Trinajstić information content (AvgIpc) is 3.08. The summed E-state index contributed by atoms with van der Waals surface area (Å²) in [5.41, 5.74) is 0.819. The number of para-hydroxylation sites is 1. The number of aromatic nitrogens is 1. The first kappa shape index (κ1) is 15.7. The molecule has 1 saturated heterocycles. The van der Waals surface area contributed by atoms with Crippen LogP contribution in [-0.4, -0.2) is 34.7 Å². The van der Waals surface area contributed by atoms with Gasteiger partial charge in [0.25, 0.3) is 11.8 Å². The molecule has 0 bridgehead atoms. The van der Waals surface area contributed by atoms with Crippen molar-refractivity contribution in [2.75, 3.05) is 11.9 Å². The van der Waals surface area contributed by atoms with Gasteiger partial charge in [0.15, 0.2) is 5.54 Å². The first-order chi connectivity index (χ1) is 13.1. The minimum Gasteiger partial charge on any atom is -0.286 e. The summed E-state index contributed by atoms with van der Waals surface area (Å²) in [5, 5.41) is 0.860. The van der Waals surface area contributed by atoms with E-state index >= 15 is 0 Å². The molecule has 6 nitrogen and oxygen atoms in total. The lowest BCUT2D eigenvalue weighted by atomic mass is 9.87. The number of carbonyl (C=O) groups excluding carboxylic acids is 3. The van der Waals surface area contributed by atoms with E-state index in [1.165, 1.54) is 11.9 Å². The van der Waals surface area contributed by atoms with Gasteiger partial charge >= 0.3 is 0 Å². The zero-order chi connectivity index (χ0) is 18.8. The number of anilines is 1. The van der Waals surface area contributed by atoms with Crippen molar-refractivity contribution < 1.29 is 14.4 Å². The summed E-state index contributed by atoms with van der Waals surface area (Å²) in [6.07, 6.45) is 1.58. The Labute approximate surface area is 155 Å². The van der Waals surface area contributed by atoms with Gasteiger partial charge in [-0.3, -0.25) is 29.2 Å². The summed E-state index contributed by atoms with van der Waals surface area (Å²) in [4.78, 5) is 46.1. The van der Waals surface area contributed by atoms with E-state index in [4.69, 9.17) is 0 Å². The zero-order valence-corrected chi connectivity index (χ0v) is 14.5. The molecule has 132 valence electrons. The van der Waals surface area contributed by atoms with Crippen LogP contribution in [0.1, 0.15) is 22.3 Å². The van der Waals surface area contributed by atoms with Gasteiger partial charge in [-0.1, -0.05) is 36.4 Å². The van der Waals surface area contributed by atoms with Crippen LogP contribution in [0.4, 0.5) is 5.69 Å². The first-order valence-electron chi connectivity index (χ1n) is 8.64. The normalized spacial score (nSPS) is 21.6. The topological polar surface area (TPSA) is 70.6 Å². The highest BCUT2D eigenvalue weighted by molar-refractivity contribution is 6.24. The van der Waals surface area contributed by atoms with Gasteiger partial charge in [-0.05, 0) is 18.2 Å². The highest BCUT2D eigenvalue weighted by Crippen LogP contribution is 2.49. The molecule has 3 heterocycles. The third-order valence-corrected chi connectivity index (χ3v) is 5.48. The summed E-state index contributed by atoms with van der Waals surface area (Å²) in [6.45, 7) is 0. The van der Waals surface area contributed by atoms with E-state index in [0.717, 1.165) is 10.3 Å². The summed E-state index contributed by atoms with van der Waals surface area (Å²) in [5.74, 6) is -0.985. The fraction of sp³-hybridized carbons (Fsp3) is 0.143. The van der Waals surface area contributed by atoms with E-state index in [-0.39, 0.29) is 18.2 Å². The highest BCUT2D eigenvalue weighted by atomic mass is 16.2. The number of hydrogen-bond acceptors (Lipinski definition) is 4. The van der Waals surface area contributed by atoms with Gasteiger partial charge in [0.05, 0.1) is 17.6 Å². The Balaban J connectivity index is 1.85. The maximum absolute atomic E-state index is 13.4. The second kappa shape index (κ2) is 5.23. The molecular weight excluding hydrogens is 342 g/mol. The van der Waals surface area contributed by atoms with Crippen LogP contribution < -0.4 is 4.90 Å². The van der Waals surface area contributed by atoms with Gasteiger partial charge in [-0.2, -0.15) is 0 Å². The predicted molar refractivity (Wildman–Crippen MR) is 99.1 cm³/mol. The molecule has 1 spiro atoms. The number of rotatable bonds is 1. The molecule has 0 radical (unpaired) electrons. The van der Waals surface area contributed by atoms with Crippen molar-refractivity contribution >= 4 is 34.3 Å². The minimum atomic E-state index is -1.36. The van der Waals surface area contributed by atoms with Crippen molar-refractivity contribution in [3.8, 4) is 0 Å². The molecule has 27 heavy (non-hydrogen) atoms. The van der Waals surface area contributed by atoms with E-state index in [2.05, 4.69) is 4.98 Å². The van der Waals surface area contributed by atoms with Crippen LogP contribution in [0, 0.1) is 0 Å². The van der Waals surface area contributed by atoms with E-state index < -0.39 is 11.4 Å². The lowest BCUT2D eigenvalue weighted by Gasteiger charge is -2.33. The summed E-state index contributed by atoms with van der Waals surface area (Å²) in [7, 11) is 1.46. The average molecular weight is 357 g/mol. The van der Waals surface area contributed by atoms with E-state index in [0.29, 0.717) is 22.3 Å². The molecule has 0 N–H and O–H groups in total. The SMILES string of the molecule is CN1C(=O)CC2(C1=O)c1ccccc1C(=O)N2c1cccc2cccnc12. The molecule has 1 unspecified atom stereocenters. The van der Waals surface area contributed by atoms with Crippen LogP contribution in [0.5, 0.6) is 0 Å². The largest absolute Gasteiger partial charge is 0.286 e. The van der Waals surface area contributed by atoms with Crippen molar-refractivity contribution in [3.05, 3.63) is 71.9 Å². The number of amides is 3. The van der Waals surface area contributed by atoms with Crippen LogP contribution in [-0.2, 0) is 15.1 Å². The second-order valence-electron chi connectivity index (χ2n) is 6.83. The van der Waals surface area contributed by atoms with Crippen LogP contribution in [0.3, 0.4) is 0 Å². The van der Waals surface area contributed by atoms with E-state index in [1.807, 2.05) is 24.3 Å². The molecule has 2 aliphatic heterocycles. The van der Waals surface area contributed by atoms with Crippen molar-refractivity contribution in [3.63, 3.8) is 0 Å². The summed E-state index contributed by atoms with van der Waals surface area (Å²) in [6, 6.07) is 16.2. The van der Waals surface area contributed by atoms with Gasteiger partial charge < -0.3 is 0 Å². The van der Waals surface area contributed by atoms with E-state index in [1.54, 1.807) is 36.5 Å².